The van der Waals surface area contributed by atoms with Crippen molar-refractivity contribution in [2.24, 2.45) is 0 Å². The molecule has 4 nitrogen and oxygen atoms in total. The first-order chi connectivity index (χ1) is 21.3. The highest BCUT2D eigenvalue weighted by Gasteiger charge is 2.18. The van der Waals surface area contributed by atoms with Gasteiger partial charge in [-0.1, -0.05) is 133 Å². The molecular formula is C39H25N3O. The van der Waals surface area contributed by atoms with Gasteiger partial charge in [-0.2, -0.15) is 0 Å². The summed E-state index contributed by atoms with van der Waals surface area (Å²) in [4.78, 5) is 15.1. The quantitative estimate of drug-likeness (QED) is 0.214. The summed E-state index contributed by atoms with van der Waals surface area (Å²) < 4.78 is 6.19. The summed E-state index contributed by atoms with van der Waals surface area (Å²) in [5.41, 5.74) is 8.97. The Morgan fingerprint density at radius 1 is 0.349 bits per heavy atom. The average molecular weight is 552 g/mol. The van der Waals surface area contributed by atoms with Gasteiger partial charge in [-0.05, 0) is 40.5 Å². The van der Waals surface area contributed by atoms with Gasteiger partial charge in [-0.25, -0.2) is 15.0 Å². The molecule has 2 heterocycles. The molecule has 43 heavy (non-hydrogen) atoms. The number of hydrogen-bond acceptors (Lipinski definition) is 4. The van der Waals surface area contributed by atoms with Crippen molar-refractivity contribution in [2.45, 2.75) is 0 Å². The molecule has 0 fully saturated rings. The number of fused-ring (bicyclic) bond motifs is 3. The third-order valence-corrected chi connectivity index (χ3v) is 7.76. The van der Waals surface area contributed by atoms with Crippen molar-refractivity contribution >= 4 is 21.9 Å². The third-order valence-electron chi connectivity index (χ3n) is 7.76. The van der Waals surface area contributed by atoms with Gasteiger partial charge in [0.15, 0.2) is 17.5 Å². The second kappa shape index (κ2) is 10.5. The van der Waals surface area contributed by atoms with E-state index in [1.807, 2.05) is 42.5 Å². The molecule has 6 aromatic carbocycles. The van der Waals surface area contributed by atoms with Gasteiger partial charge < -0.3 is 4.42 Å². The Kier molecular flexibility index (Phi) is 6.08. The number of benzene rings is 6. The van der Waals surface area contributed by atoms with E-state index in [1.165, 1.54) is 5.56 Å². The van der Waals surface area contributed by atoms with Gasteiger partial charge >= 0.3 is 0 Å². The van der Waals surface area contributed by atoms with E-state index in [2.05, 4.69) is 109 Å². The zero-order chi connectivity index (χ0) is 28.6. The topological polar surface area (TPSA) is 51.8 Å². The van der Waals surface area contributed by atoms with Crippen LogP contribution in [0.5, 0.6) is 0 Å². The molecule has 0 spiro atoms. The second-order valence-corrected chi connectivity index (χ2v) is 10.5. The normalized spacial score (nSPS) is 11.3. The van der Waals surface area contributed by atoms with Gasteiger partial charge in [0.1, 0.15) is 11.2 Å². The van der Waals surface area contributed by atoms with Crippen molar-refractivity contribution in [3.8, 4) is 56.4 Å². The summed E-state index contributed by atoms with van der Waals surface area (Å²) in [5.74, 6) is 1.85. The first-order valence-corrected chi connectivity index (χ1v) is 14.3. The number of furan rings is 1. The molecule has 0 amide bonds. The fourth-order valence-electron chi connectivity index (χ4n) is 5.63. The van der Waals surface area contributed by atoms with Crippen LogP contribution in [0.2, 0.25) is 0 Å². The predicted octanol–water partition coefficient (Wildman–Crippen LogP) is 10.1. The van der Waals surface area contributed by atoms with Crippen LogP contribution < -0.4 is 0 Å². The van der Waals surface area contributed by atoms with Crippen molar-refractivity contribution in [3.63, 3.8) is 0 Å². The van der Waals surface area contributed by atoms with Gasteiger partial charge in [0, 0.05) is 27.5 Å². The first-order valence-electron chi connectivity index (χ1n) is 14.3. The molecule has 202 valence electrons. The Hall–Kier alpha value is -5.87. The van der Waals surface area contributed by atoms with Crippen LogP contribution in [0.1, 0.15) is 0 Å². The van der Waals surface area contributed by atoms with Gasteiger partial charge in [0.25, 0.3) is 0 Å². The molecule has 8 aromatic rings. The molecule has 0 unspecified atom stereocenters. The lowest BCUT2D eigenvalue weighted by Gasteiger charge is -2.11. The van der Waals surface area contributed by atoms with Crippen LogP contribution in [0.3, 0.4) is 0 Å². The fourth-order valence-corrected chi connectivity index (χ4v) is 5.63. The highest BCUT2D eigenvalue weighted by atomic mass is 16.3. The minimum Gasteiger partial charge on any atom is -0.456 e. The lowest BCUT2D eigenvalue weighted by molar-refractivity contribution is 0.669. The van der Waals surface area contributed by atoms with Crippen LogP contribution in [0.15, 0.2) is 156 Å². The maximum absolute atomic E-state index is 6.19. The monoisotopic (exact) mass is 551 g/mol. The van der Waals surface area contributed by atoms with E-state index >= 15 is 0 Å². The van der Waals surface area contributed by atoms with E-state index in [0.717, 1.165) is 55.3 Å². The zero-order valence-electron chi connectivity index (χ0n) is 23.2. The van der Waals surface area contributed by atoms with Crippen LogP contribution in [-0.4, -0.2) is 15.0 Å². The van der Waals surface area contributed by atoms with E-state index in [-0.39, 0.29) is 0 Å². The minimum absolute atomic E-state index is 0.606. The maximum atomic E-state index is 6.19. The Morgan fingerprint density at radius 2 is 0.860 bits per heavy atom. The van der Waals surface area contributed by atoms with Gasteiger partial charge in [0.05, 0.1) is 0 Å². The van der Waals surface area contributed by atoms with E-state index in [4.69, 9.17) is 19.4 Å². The molecule has 0 atom stereocenters. The first kappa shape index (κ1) is 24.9. The Labute approximate surface area is 249 Å². The number of aromatic nitrogens is 3. The predicted molar refractivity (Wildman–Crippen MR) is 174 cm³/mol. The fraction of sp³-hybridized carbons (Fsp3) is 0. The largest absolute Gasteiger partial charge is 0.456 e. The maximum Gasteiger partial charge on any atom is 0.164 e. The Balaban J connectivity index is 1.32. The van der Waals surface area contributed by atoms with Crippen molar-refractivity contribution < 1.29 is 4.42 Å². The summed E-state index contributed by atoms with van der Waals surface area (Å²) in [6, 6.07) is 51.6. The Bertz CT molecular complexity index is 2220. The van der Waals surface area contributed by atoms with Crippen molar-refractivity contribution in [3.05, 3.63) is 152 Å². The molecule has 4 heteroatoms. The summed E-state index contributed by atoms with van der Waals surface area (Å²) in [5, 5.41) is 2.04. The third kappa shape index (κ3) is 4.65. The molecule has 0 aliphatic rings. The van der Waals surface area contributed by atoms with Gasteiger partial charge in [-0.3, -0.25) is 0 Å². The van der Waals surface area contributed by atoms with E-state index < -0.39 is 0 Å². The van der Waals surface area contributed by atoms with Gasteiger partial charge in [0.2, 0.25) is 0 Å². The molecule has 0 bridgehead atoms. The molecule has 0 saturated carbocycles. The number of para-hydroxylation sites is 1. The molecule has 0 aliphatic heterocycles. The second-order valence-electron chi connectivity index (χ2n) is 10.5. The molecule has 2 aromatic heterocycles. The van der Waals surface area contributed by atoms with Crippen LogP contribution in [-0.2, 0) is 0 Å². The number of rotatable bonds is 5. The zero-order valence-corrected chi connectivity index (χ0v) is 23.2. The Morgan fingerprint density at radius 3 is 1.63 bits per heavy atom. The SMILES string of the molecule is c1ccc(-c2ccc(-c3nc(-c4cccc(-c5ccccc5)c4)nc(-c4cccc5oc6ccccc6c45)n3)cc2)cc1. The standard InChI is InChI=1S/C39H25N3O/c1-3-11-26(12-4-1)28-21-23-29(24-22-28)37-40-38(31-16-9-15-30(25-31)27-13-5-2-6-14-27)42-39(41-37)33-18-10-20-35-36(33)32-17-7-8-19-34(32)43-35/h1-25H. The van der Waals surface area contributed by atoms with E-state index in [9.17, 15) is 0 Å². The highest BCUT2D eigenvalue weighted by molar-refractivity contribution is 6.11. The average Bonchev–Trinajstić information content (AvgIpc) is 3.48. The number of hydrogen-bond donors (Lipinski definition) is 0. The van der Waals surface area contributed by atoms with Crippen molar-refractivity contribution in [1.82, 2.24) is 15.0 Å². The molecule has 0 N–H and O–H groups in total. The summed E-state index contributed by atoms with van der Waals surface area (Å²) in [6.07, 6.45) is 0. The summed E-state index contributed by atoms with van der Waals surface area (Å²) >= 11 is 0. The van der Waals surface area contributed by atoms with Crippen LogP contribution >= 0.6 is 0 Å². The lowest BCUT2D eigenvalue weighted by atomic mass is 10.0. The smallest absolute Gasteiger partial charge is 0.164 e. The molecular weight excluding hydrogens is 526 g/mol. The van der Waals surface area contributed by atoms with E-state index in [0.29, 0.717) is 17.5 Å². The van der Waals surface area contributed by atoms with Crippen LogP contribution in [0.4, 0.5) is 0 Å². The number of nitrogens with zero attached hydrogens (tertiary/aromatic N) is 3. The minimum atomic E-state index is 0.606. The van der Waals surface area contributed by atoms with Crippen molar-refractivity contribution in [2.75, 3.05) is 0 Å². The van der Waals surface area contributed by atoms with Gasteiger partial charge in [-0.15, -0.1) is 0 Å². The lowest BCUT2D eigenvalue weighted by Crippen LogP contribution is -2.00. The highest BCUT2D eigenvalue weighted by Crippen LogP contribution is 2.37. The molecule has 0 radical (unpaired) electrons. The molecule has 8 rings (SSSR count). The van der Waals surface area contributed by atoms with Crippen molar-refractivity contribution in [1.29, 1.82) is 0 Å². The molecule has 0 saturated heterocycles. The van der Waals surface area contributed by atoms with Crippen LogP contribution in [0.25, 0.3) is 78.4 Å². The van der Waals surface area contributed by atoms with E-state index in [1.54, 1.807) is 0 Å². The summed E-state index contributed by atoms with van der Waals surface area (Å²) in [6.45, 7) is 0. The molecule has 0 aliphatic carbocycles. The van der Waals surface area contributed by atoms with Crippen LogP contribution in [0, 0.1) is 0 Å². The summed E-state index contributed by atoms with van der Waals surface area (Å²) in [7, 11) is 0.